The molecule has 2 N–H and O–H groups in total. The highest BCUT2D eigenvalue weighted by molar-refractivity contribution is 5.80. The van der Waals surface area contributed by atoms with Crippen molar-refractivity contribution in [3.63, 3.8) is 0 Å². The zero-order chi connectivity index (χ0) is 9.26. The molecule has 74 valence electrons. The van der Waals surface area contributed by atoms with Crippen LogP contribution < -0.4 is 5.73 Å². The number of nitrogens with two attached hydrogens (primary N) is 1. The van der Waals surface area contributed by atoms with Crippen molar-refractivity contribution in [2.75, 3.05) is 0 Å². The Bertz CT molecular complexity index is 215. The maximum Gasteiger partial charge on any atom is 0.0941 e. The molecule has 0 amide bonds. The summed E-state index contributed by atoms with van der Waals surface area (Å²) in [6, 6.07) is 0.366. The number of fused-ring (bicyclic) bond motifs is 2. The normalized spacial score (nSPS) is 38.5. The number of ether oxygens (including phenoxy) is 1. The standard InChI is InChI=1S/C10H18N2O/c1-2-3-10(11)12-8-6-7-4-5-9(8)13-7/h7-9H,2-6H2,1H3,(H2,11,12). The summed E-state index contributed by atoms with van der Waals surface area (Å²) in [5.74, 6) is 0.809. The second-order valence-electron chi connectivity index (χ2n) is 4.05. The number of amidine groups is 1. The molecule has 0 aliphatic carbocycles. The van der Waals surface area contributed by atoms with Crippen LogP contribution in [0.25, 0.3) is 0 Å². The Morgan fingerprint density at radius 2 is 2.38 bits per heavy atom. The lowest BCUT2D eigenvalue weighted by Crippen LogP contribution is -2.24. The van der Waals surface area contributed by atoms with Crippen molar-refractivity contribution >= 4 is 5.84 Å². The highest BCUT2D eigenvalue weighted by atomic mass is 16.5. The molecule has 3 nitrogen and oxygen atoms in total. The zero-order valence-corrected chi connectivity index (χ0v) is 8.20. The molecular weight excluding hydrogens is 164 g/mol. The number of hydrogen-bond acceptors (Lipinski definition) is 2. The molecule has 13 heavy (non-hydrogen) atoms. The lowest BCUT2D eigenvalue weighted by molar-refractivity contribution is 0.101. The van der Waals surface area contributed by atoms with Gasteiger partial charge in [-0.2, -0.15) is 0 Å². The van der Waals surface area contributed by atoms with E-state index in [0.717, 1.165) is 25.1 Å². The summed E-state index contributed by atoms with van der Waals surface area (Å²) < 4.78 is 5.70. The summed E-state index contributed by atoms with van der Waals surface area (Å²) >= 11 is 0. The van der Waals surface area contributed by atoms with Crippen LogP contribution in [-0.4, -0.2) is 24.1 Å². The highest BCUT2D eigenvalue weighted by Gasteiger charge is 2.40. The van der Waals surface area contributed by atoms with E-state index in [4.69, 9.17) is 10.5 Å². The monoisotopic (exact) mass is 182 g/mol. The first-order valence-corrected chi connectivity index (χ1v) is 5.27. The van der Waals surface area contributed by atoms with Crippen LogP contribution in [0.3, 0.4) is 0 Å². The summed E-state index contributed by atoms with van der Waals surface area (Å²) in [4.78, 5) is 4.52. The van der Waals surface area contributed by atoms with E-state index in [2.05, 4.69) is 11.9 Å². The molecule has 0 spiro atoms. The molecule has 2 aliphatic heterocycles. The van der Waals surface area contributed by atoms with E-state index in [1.54, 1.807) is 0 Å². The average Bonchev–Trinajstić information content (AvgIpc) is 2.65. The summed E-state index contributed by atoms with van der Waals surface area (Å²) in [6.45, 7) is 2.12. The topological polar surface area (TPSA) is 47.6 Å². The third-order valence-electron chi connectivity index (χ3n) is 2.91. The third-order valence-corrected chi connectivity index (χ3v) is 2.91. The van der Waals surface area contributed by atoms with Crippen molar-refractivity contribution < 1.29 is 4.74 Å². The molecule has 0 saturated carbocycles. The first kappa shape index (κ1) is 9.00. The fourth-order valence-electron chi connectivity index (χ4n) is 2.28. The summed E-state index contributed by atoms with van der Waals surface area (Å²) in [5.41, 5.74) is 5.79. The molecule has 3 unspecified atom stereocenters. The van der Waals surface area contributed by atoms with Crippen molar-refractivity contribution in [3.8, 4) is 0 Å². The van der Waals surface area contributed by atoms with E-state index < -0.39 is 0 Å². The van der Waals surface area contributed by atoms with Gasteiger partial charge in [-0.3, -0.25) is 4.99 Å². The van der Waals surface area contributed by atoms with Gasteiger partial charge in [-0.1, -0.05) is 6.92 Å². The van der Waals surface area contributed by atoms with E-state index in [9.17, 15) is 0 Å². The Labute approximate surface area is 79.4 Å². The van der Waals surface area contributed by atoms with E-state index in [1.165, 1.54) is 12.8 Å². The van der Waals surface area contributed by atoms with Crippen LogP contribution in [0.2, 0.25) is 0 Å². The lowest BCUT2D eigenvalue weighted by atomic mass is 9.96. The summed E-state index contributed by atoms with van der Waals surface area (Å²) in [7, 11) is 0. The fraction of sp³-hybridized carbons (Fsp3) is 0.900. The zero-order valence-electron chi connectivity index (χ0n) is 8.20. The van der Waals surface area contributed by atoms with Crippen molar-refractivity contribution in [2.24, 2.45) is 10.7 Å². The smallest absolute Gasteiger partial charge is 0.0941 e. The molecule has 0 aromatic carbocycles. The first-order valence-electron chi connectivity index (χ1n) is 5.27. The summed E-state index contributed by atoms with van der Waals surface area (Å²) in [6.07, 6.45) is 6.36. The van der Waals surface area contributed by atoms with Gasteiger partial charge in [0.15, 0.2) is 0 Å². The molecule has 0 aromatic heterocycles. The van der Waals surface area contributed by atoms with Crippen molar-refractivity contribution in [2.45, 2.75) is 57.3 Å². The third kappa shape index (κ3) is 1.85. The van der Waals surface area contributed by atoms with Crippen LogP contribution >= 0.6 is 0 Å². The number of aliphatic imine (C=N–C) groups is 1. The number of hydrogen-bond donors (Lipinski definition) is 1. The van der Waals surface area contributed by atoms with Crippen LogP contribution in [0.15, 0.2) is 4.99 Å². The van der Waals surface area contributed by atoms with Gasteiger partial charge in [-0.05, 0) is 25.7 Å². The largest absolute Gasteiger partial charge is 0.387 e. The molecule has 0 radical (unpaired) electrons. The molecule has 2 saturated heterocycles. The maximum atomic E-state index is 5.79. The van der Waals surface area contributed by atoms with Crippen LogP contribution in [0.4, 0.5) is 0 Å². The minimum absolute atomic E-state index is 0.366. The van der Waals surface area contributed by atoms with Crippen LogP contribution in [0, 0.1) is 0 Å². The first-order chi connectivity index (χ1) is 6.29. The maximum absolute atomic E-state index is 5.79. The van der Waals surface area contributed by atoms with Gasteiger partial charge in [0.05, 0.1) is 24.1 Å². The Morgan fingerprint density at radius 1 is 1.54 bits per heavy atom. The molecule has 2 heterocycles. The molecular formula is C10H18N2O. The van der Waals surface area contributed by atoms with Crippen LogP contribution in [-0.2, 0) is 4.74 Å². The van der Waals surface area contributed by atoms with Crippen molar-refractivity contribution in [1.29, 1.82) is 0 Å². The van der Waals surface area contributed by atoms with E-state index in [1.807, 2.05) is 0 Å². The molecule has 3 heteroatoms. The van der Waals surface area contributed by atoms with Gasteiger partial charge in [0, 0.05) is 6.42 Å². The number of nitrogens with zero attached hydrogens (tertiary/aromatic N) is 1. The minimum Gasteiger partial charge on any atom is -0.387 e. The Balaban J connectivity index is 1.92. The van der Waals surface area contributed by atoms with E-state index >= 15 is 0 Å². The quantitative estimate of drug-likeness (QED) is 0.530. The lowest BCUT2D eigenvalue weighted by Gasteiger charge is -2.14. The predicted octanol–water partition coefficient (Wildman–Crippen LogP) is 1.46. The summed E-state index contributed by atoms with van der Waals surface area (Å²) in [5, 5.41) is 0. The van der Waals surface area contributed by atoms with E-state index in [-0.39, 0.29) is 0 Å². The second-order valence-corrected chi connectivity index (χ2v) is 4.05. The SMILES string of the molecule is CCCC(N)=NC1CC2CCC1O2. The predicted molar refractivity (Wildman–Crippen MR) is 52.8 cm³/mol. The molecule has 2 aliphatic rings. The van der Waals surface area contributed by atoms with E-state index in [0.29, 0.717) is 18.2 Å². The van der Waals surface area contributed by atoms with Crippen LogP contribution in [0.1, 0.15) is 39.0 Å². The van der Waals surface area contributed by atoms with Gasteiger partial charge in [0.1, 0.15) is 0 Å². The van der Waals surface area contributed by atoms with Crippen LogP contribution in [0.5, 0.6) is 0 Å². The van der Waals surface area contributed by atoms with Gasteiger partial charge >= 0.3 is 0 Å². The van der Waals surface area contributed by atoms with Gasteiger partial charge in [-0.25, -0.2) is 0 Å². The van der Waals surface area contributed by atoms with Crippen molar-refractivity contribution in [3.05, 3.63) is 0 Å². The Morgan fingerprint density at radius 3 is 2.92 bits per heavy atom. The second kappa shape index (κ2) is 3.66. The molecule has 2 rings (SSSR count). The number of rotatable bonds is 3. The van der Waals surface area contributed by atoms with Crippen molar-refractivity contribution in [1.82, 2.24) is 0 Å². The van der Waals surface area contributed by atoms with Gasteiger partial charge in [0.2, 0.25) is 0 Å². The minimum atomic E-state index is 0.366. The van der Waals surface area contributed by atoms with Gasteiger partial charge in [-0.15, -0.1) is 0 Å². The Hall–Kier alpha value is -0.570. The molecule has 0 aromatic rings. The Kier molecular flexibility index (Phi) is 2.54. The molecule has 2 fully saturated rings. The highest BCUT2D eigenvalue weighted by Crippen LogP contribution is 2.36. The van der Waals surface area contributed by atoms with Gasteiger partial charge < -0.3 is 10.5 Å². The molecule has 3 atom stereocenters. The molecule has 2 bridgehead atoms. The fourth-order valence-corrected chi connectivity index (χ4v) is 2.28. The average molecular weight is 182 g/mol. The van der Waals surface area contributed by atoms with Gasteiger partial charge in [0.25, 0.3) is 0 Å².